The molecule has 64 valence electrons. The summed E-state index contributed by atoms with van der Waals surface area (Å²) in [7, 11) is 2.13. The number of hydrogen-bond donors (Lipinski definition) is 1. The molecule has 4 heteroatoms. The van der Waals surface area contributed by atoms with E-state index in [2.05, 4.69) is 9.47 Å². The van der Waals surface area contributed by atoms with Gasteiger partial charge in [0.15, 0.2) is 0 Å². The fourth-order valence-corrected chi connectivity index (χ4v) is 1.13. The molecule has 1 amide bonds. The number of benzene rings is 1. The highest BCUT2D eigenvalue weighted by Gasteiger charge is 2.03. The highest BCUT2D eigenvalue weighted by molar-refractivity contribution is 7.10. The number of carbonyl (C=O) groups is 1. The largest absolute Gasteiger partial charge is 0.480 e. The standard InChI is InChI=1S/C8H10NO2P/c1-5-2-3-6(8(9)10)4-7(5)11-12/h2-4H,12H2,1H3,(H2,9,10). The molecule has 1 atom stereocenters. The number of hydrogen-bond acceptors (Lipinski definition) is 2. The molecule has 1 rings (SSSR count). The van der Waals surface area contributed by atoms with Gasteiger partial charge in [-0.3, -0.25) is 4.79 Å². The summed E-state index contributed by atoms with van der Waals surface area (Å²) in [6.07, 6.45) is 0. The molecule has 1 aromatic rings. The summed E-state index contributed by atoms with van der Waals surface area (Å²) < 4.78 is 4.94. The van der Waals surface area contributed by atoms with Crippen molar-refractivity contribution in [1.29, 1.82) is 0 Å². The molecule has 2 N–H and O–H groups in total. The average Bonchev–Trinajstić information content (AvgIpc) is 2.05. The maximum absolute atomic E-state index is 10.7. The SMILES string of the molecule is Cc1ccc(C(N)=O)cc1OP. The molecule has 0 radical (unpaired) electrons. The van der Waals surface area contributed by atoms with Gasteiger partial charge in [-0.25, -0.2) is 0 Å². The molecule has 0 aliphatic rings. The third-order valence-electron chi connectivity index (χ3n) is 1.60. The second-order valence-electron chi connectivity index (χ2n) is 2.46. The second-order valence-corrected chi connectivity index (χ2v) is 2.70. The Morgan fingerprint density at radius 3 is 2.75 bits per heavy atom. The van der Waals surface area contributed by atoms with Crippen LogP contribution in [-0.4, -0.2) is 5.91 Å². The van der Waals surface area contributed by atoms with Crippen LogP contribution in [0.15, 0.2) is 18.2 Å². The highest BCUT2D eigenvalue weighted by Crippen LogP contribution is 2.20. The molecule has 0 bridgehead atoms. The van der Waals surface area contributed by atoms with Crippen LogP contribution < -0.4 is 10.3 Å². The predicted octanol–water partition coefficient (Wildman–Crippen LogP) is 1.26. The van der Waals surface area contributed by atoms with Gasteiger partial charge in [-0.1, -0.05) is 6.07 Å². The summed E-state index contributed by atoms with van der Waals surface area (Å²) in [6, 6.07) is 5.08. The van der Waals surface area contributed by atoms with E-state index in [4.69, 9.17) is 10.3 Å². The zero-order valence-corrected chi connectivity index (χ0v) is 7.86. The lowest BCUT2D eigenvalue weighted by molar-refractivity contribution is 0.1000. The summed E-state index contributed by atoms with van der Waals surface area (Å²) in [6.45, 7) is 1.89. The third kappa shape index (κ3) is 1.74. The van der Waals surface area contributed by atoms with Gasteiger partial charge in [0, 0.05) is 5.56 Å². The first-order valence-corrected chi connectivity index (χ1v) is 3.89. The van der Waals surface area contributed by atoms with Crippen LogP contribution in [0.4, 0.5) is 0 Å². The van der Waals surface area contributed by atoms with Crippen LogP contribution in [0.25, 0.3) is 0 Å². The van der Waals surface area contributed by atoms with Gasteiger partial charge in [-0.05, 0) is 24.6 Å². The molecule has 12 heavy (non-hydrogen) atoms. The summed E-state index contributed by atoms with van der Waals surface area (Å²) in [5.74, 6) is 0.203. The van der Waals surface area contributed by atoms with Gasteiger partial charge in [0.1, 0.15) is 5.75 Å². The molecule has 0 fully saturated rings. The monoisotopic (exact) mass is 183 g/mol. The summed E-state index contributed by atoms with van der Waals surface area (Å²) in [5.41, 5.74) is 6.51. The highest BCUT2D eigenvalue weighted by atomic mass is 31.0. The quantitative estimate of drug-likeness (QED) is 0.702. The molecule has 1 unspecified atom stereocenters. The van der Waals surface area contributed by atoms with Crippen molar-refractivity contribution in [3.8, 4) is 5.75 Å². The van der Waals surface area contributed by atoms with Crippen LogP contribution in [-0.2, 0) is 0 Å². The first-order valence-electron chi connectivity index (χ1n) is 3.42. The third-order valence-corrected chi connectivity index (χ3v) is 1.85. The second kappa shape index (κ2) is 3.55. The van der Waals surface area contributed by atoms with E-state index in [1.54, 1.807) is 18.2 Å². The Kier molecular flexibility index (Phi) is 2.66. The van der Waals surface area contributed by atoms with Crippen molar-refractivity contribution >= 4 is 15.4 Å². The maximum atomic E-state index is 10.7. The zero-order chi connectivity index (χ0) is 9.14. The van der Waals surface area contributed by atoms with Gasteiger partial charge < -0.3 is 10.3 Å². The smallest absolute Gasteiger partial charge is 0.248 e. The van der Waals surface area contributed by atoms with E-state index in [1.165, 1.54) is 0 Å². The van der Waals surface area contributed by atoms with Gasteiger partial charge in [-0.15, -0.1) is 0 Å². The summed E-state index contributed by atoms with van der Waals surface area (Å²) in [5, 5.41) is 0. The van der Waals surface area contributed by atoms with Crippen LogP contribution >= 0.6 is 9.47 Å². The van der Waals surface area contributed by atoms with E-state index in [0.717, 1.165) is 5.56 Å². The minimum Gasteiger partial charge on any atom is -0.480 e. The number of carbonyl (C=O) groups excluding carboxylic acids is 1. The molecular formula is C8H10NO2P. The van der Waals surface area contributed by atoms with E-state index in [0.29, 0.717) is 11.3 Å². The fraction of sp³-hybridized carbons (Fsp3) is 0.125. The Bertz CT molecular complexity index is 312. The first-order chi connectivity index (χ1) is 5.65. The molecule has 0 heterocycles. The van der Waals surface area contributed by atoms with E-state index < -0.39 is 5.91 Å². The zero-order valence-electron chi connectivity index (χ0n) is 6.70. The van der Waals surface area contributed by atoms with E-state index in [1.807, 2.05) is 6.92 Å². The Labute approximate surface area is 73.2 Å². The summed E-state index contributed by atoms with van der Waals surface area (Å²) >= 11 is 0. The first kappa shape index (κ1) is 9.01. The Balaban J connectivity index is 3.13. The Morgan fingerprint density at radius 1 is 1.58 bits per heavy atom. The van der Waals surface area contributed by atoms with Crippen molar-refractivity contribution in [2.75, 3.05) is 0 Å². The molecule has 1 aromatic carbocycles. The lowest BCUT2D eigenvalue weighted by Crippen LogP contribution is -2.10. The van der Waals surface area contributed by atoms with Gasteiger partial charge >= 0.3 is 0 Å². The lowest BCUT2D eigenvalue weighted by Gasteiger charge is -2.04. The van der Waals surface area contributed by atoms with Gasteiger partial charge in [0.2, 0.25) is 5.91 Å². The molecule has 0 aromatic heterocycles. The predicted molar refractivity (Wildman–Crippen MR) is 50.0 cm³/mol. The Hall–Kier alpha value is -1.08. The van der Waals surface area contributed by atoms with Crippen LogP contribution in [0.1, 0.15) is 15.9 Å². The number of rotatable bonds is 2. The molecule has 0 saturated carbocycles. The van der Waals surface area contributed by atoms with Crippen molar-refractivity contribution in [3.63, 3.8) is 0 Å². The number of nitrogens with two attached hydrogens (primary N) is 1. The van der Waals surface area contributed by atoms with Crippen molar-refractivity contribution in [1.82, 2.24) is 0 Å². The van der Waals surface area contributed by atoms with Crippen LogP contribution in [0.5, 0.6) is 5.75 Å². The van der Waals surface area contributed by atoms with Crippen LogP contribution in [0.3, 0.4) is 0 Å². The normalized spacial score (nSPS) is 9.50. The maximum Gasteiger partial charge on any atom is 0.248 e. The van der Waals surface area contributed by atoms with Crippen LogP contribution in [0.2, 0.25) is 0 Å². The van der Waals surface area contributed by atoms with E-state index in [-0.39, 0.29) is 0 Å². The molecule has 0 saturated heterocycles. The van der Waals surface area contributed by atoms with E-state index in [9.17, 15) is 4.79 Å². The van der Waals surface area contributed by atoms with Crippen molar-refractivity contribution in [2.45, 2.75) is 6.92 Å². The molecule has 0 aliphatic heterocycles. The number of aryl methyl sites for hydroxylation is 1. The molecule has 0 spiro atoms. The molecular weight excluding hydrogens is 173 g/mol. The minimum atomic E-state index is -0.446. The fourth-order valence-electron chi connectivity index (χ4n) is 0.880. The van der Waals surface area contributed by atoms with Gasteiger partial charge in [0.25, 0.3) is 0 Å². The number of primary amides is 1. The molecule has 3 nitrogen and oxygen atoms in total. The van der Waals surface area contributed by atoms with Crippen molar-refractivity contribution in [3.05, 3.63) is 29.3 Å². The van der Waals surface area contributed by atoms with Gasteiger partial charge in [-0.2, -0.15) is 0 Å². The lowest BCUT2D eigenvalue weighted by atomic mass is 10.1. The van der Waals surface area contributed by atoms with Crippen molar-refractivity contribution < 1.29 is 9.32 Å². The Morgan fingerprint density at radius 2 is 2.25 bits per heavy atom. The van der Waals surface area contributed by atoms with Crippen LogP contribution in [0, 0.1) is 6.92 Å². The van der Waals surface area contributed by atoms with Crippen molar-refractivity contribution in [2.24, 2.45) is 5.73 Å². The minimum absolute atomic E-state index is 0.446. The van der Waals surface area contributed by atoms with Gasteiger partial charge in [0.05, 0.1) is 9.47 Å². The summed E-state index contributed by atoms with van der Waals surface area (Å²) in [4.78, 5) is 10.7. The topological polar surface area (TPSA) is 52.3 Å². The number of amides is 1. The average molecular weight is 183 g/mol. The van der Waals surface area contributed by atoms with E-state index >= 15 is 0 Å². The molecule has 0 aliphatic carbocycles.